The van der Waals surface area contributed by atoms with E-state index >= 15 is 0 Å². The van der Waals surface area contributed by atoms with Gasteiger partial charge < -0.3 is 14.6 Å². The largest absolute Gasteiger partial charge is 0.493 e. The predicted octanol–water partition coefficient (Wildman–Crippen LogP) is 1.75. The number of aliphatic hydroxyl groups is 1. The number of nitrogens with zero attached hydrogens (tertiary/aromatic N) is 1. The van der Waals surface area contributed by atoms with Crippen molar-refractivity contribution >= 4 is 5.69 Å². The maximum atomic E-state index is 10.6. The molecule has 1 aromatic rings. The summed E-state index contributed by atoms with van der Waals surface area (Å²) < 4.78 is 10.7. The molecule has 0 amide bonds. The molecule has 0 radical (unpaired) electrons. The Hall–Kier alpha value is -1.82. The summed E-state index contributed by atoms with van der Waals surface area (Å²) in [4.78, 5) is 10.2. The van der Waals surface area contributed by atoms with E-state index in [4.69, 9.17) is 9.47 Å². The molecule has 1 saturated carbocycles. The van der Waals surface area contributed by atoms with Crippen molar-refractivity contribution in [2.24, 2.45) is 5.92 Å². The van der Waals surface area contributed by atoms with E-state index in [1.54, 1.807) is 0 Å². The van der Waals surface area contributed by atoms with Crippen molar-refractivity contribution in [2.45, 2.75) is 18.9 Å². The van der Waals surface area contributed by atoms with Crippen LogP contribution in [-0.2, 0) is 0 Å². The number of aliphatic hydroxyl groups excluding tert-OH is 1. The molecule has 1 aliphatic carbocycles. The van der Waals surface area contributed by atoms with E-state index in [-0.39, 0.29) is 18.4 Å². The molecule has 98 valence electrons. The highest BCUT2D eigenvalue weighted by molar-refractivity contribution is 5.48. The van der Waals surface area contributed by atoms with E-state index < -0.39 is 4.92 Å². The summed E-state index contributed by atoms with van der Waals surface area (Å²) in [7, 11) is 1.43. The third-order valence-electron chi connectivity index (χ3n) is 2.96. The Morgan fingerprint density at radius 1 is 1.50 bits per heavy atom. The molecule has 1 N–H and O–H groups in total. The summed E-state index contributed by atoms with van der Waals surface area (Å²) in [6.07, 6.45) is 1.82. The fourth-order valence-electron chi connectivity index (χ4n) is 1.78. The highest BCUT2D eigenvalue weighted by atomic mass is 16.6. The van der Waals surface area contributed by atoms with Gasteiger partial charge in [0, 0.05) is 6.07 Å². The highest BCUT2D eigenvalue weighted by Crippen LogP contribution is 2.38. The van der Waals surface area contributed by atoms with Gasteiger partial charge in [-0.25, -0.2) is 0 Å². The zero-order chi connectivity index (χ0) is 13.1. The van der Waals surface area contributed by atoms with Crippen LogP contribution in [0.5, 0.6) is 11.5 Å². The number of non-ortho nitro benzene ring substituents is 1. The zero-order valence-corrected chi connectivity index (χ0v) is 10.0. The van der Waals surface area contributed by atoms with E-state index in [9.17, 15) is 15.2 Å². The molecule has 1 aliphatic rings. The van der Waals surface area contributed by atoms with Crippen molar-refractivity contribution in [2.75, 3.05) is 13.7 Å². The van der Waals surface area contributed by atoms with Gasteiger partial charge in [0.1, 0.15) is 6.10 Å². The van der Waals surface area contributed by atoms with Crippen LogP contribution in [0.25, 0.3) is 0 Å². The number of hydrogen-bond donors (Lipinski definition) is 1. The van der Waals surface area contributed by atoms with Crippen LogP contribution in [0.1, 0.15) is 12.8 Å². The first-order chi connectivity index (χ1) is 8.65. The lowest BCUT2D eigenvalue weighted by Crippen LogP contribution is -2.23. The van der Waals surface area contributed by atoms with Gasteiger partial charge in [0.15, 0.2) is 11.5 Å². The lowest BCUT2D eigenvalue weighted by molar-refractivity contribution is -0.385. The third kappa shape index (κ3) is 2.70. The molecular weight excluding hydrogens is 238 g/mol. The Morgan fingerprint density at radius 2 is 2.22 bits per heavy atom. The number of methoxy groups -OCH3 is 1. The molecule has 1 atom stereocenters. The normalized spacial score (nSPS) is 16.1. The van der Waals surface area contributed by atoms with Crippen molar-refractivity contribution in [3.63, 3.8) is 0 Å². The van der Waals surface area contributed by atoms with Gasteiger partial charge in [0.25, 0.3) is 5.69 Å². The Balaban J connectivity index is 2.18. The molecule has 1 aromatic carbocycles. The molecule has 2 rings (SSSR count). The summed E-state index contributed by atoms with van der Waals surface area (Å²) in [6, 6.07) is 4.18. The van der Waals surface area contributed by atoms with Crippen LogP contribution in [0, 0.1) is 16.0 Å². The minimum absolute atomic E-state index is 0.0498. The molecule has 0 bridgehead atoms. The van der Waals surface area contributed by atoms with E-state index in [1.165, 1.54) is 25.3 Å². The van der Waals surface area contributed by atoms with Crippen LogP contribution in [-0.4, -0.2) is 29.9 Å². The van der Waals surface area contributed by atoms with Crippen LogP contribution < -0.4 is 9.47 Å². The molecular formula is C12H15NO5. The molecule has 0 heterocycles. The van der Waals surface area contributed by atoms with Crippen molar-refractivity contribution in [1.29, 1.82) is 0 Å². The number of nitro benzene ring substituents is 1. The molecule has 6 heteroatoms. The van der Waals surface area contributed by atoms with Crippen LogP contribution in [0.3, 0.4) is 0 Å². The fraction of sp³-hybridized carbons (Fsp3) is 0.500. The summed E-state index contributed by atoms with van der Waals surface area (Å²) >= 11 is 0. The molecule has 0 aliphatic heterocycles. The Kier molecular flexibility index (Phi) is 3.66. The summed E-state index contributed by atoms with van der Waals surface area (Å²) in [6.45, 7) is -0.0647. The summed E-state index contributed by atoms with van der Waals surface area (Å²) in [5, 5.41) is 19.9. The molecule has 1 unspecified atom stereocenters. The monoisotopic (exact) mass is 253 g/mol. The minimum atomic E-state index is -0.489. The molecule has 1 fully saturated rings. The van der Waals surface area contributed by atoms with Gasteiger partial charge in [-0.15, -0.1) is 0 Å². The van der Waals surface area contributed by atoms with Crippen molar-refractivity contribution in [3.05, 3.63) is 28.3 Å². The van der Waals surface area contributed by atoms with E-state index in [0.717, 1.165) is 12.8 Å². The van der Waals surface area contributed by atoms with Gasteiger partial charge in [-0.1, -0.05) is 0 Å². The van der Waals surface area contributed by atoms with Gasteiger partial charge in [0.05, 0.1) is 24.7 Å². The second kappa shape index (κ2) is 5.22. The molecule has 0 aromatic heterocycles. The zero-order valence-electron chi connectivity index (χ0n) is 10.0. The third-order valence-corrected chi connectivity index (χ3v) is 2.96. The van der Waals surface area contributed by atoms with Crippen molar-refractivity contribution < 1.29 is 19.5 Å². The van der Waals surface area contributed by atoms with E-state index in [1.807, 2.05) is 0 Å². The molecule has 0 spiro atoms. The molecule has 18 heavy (non-hydrogen) atoms. The first-order valence-corrected chi connectivity index (χ1v) is 5.75. The number of rotatable bonds is 6. The average Bonchev–Trinajstić information content (AvgIpc) is 3.20. The molecule has 0 saturated heterocycles. The van der Waals surface area contributed by atoms with Gasteiger partial charge >= 0.3 is 0 Å². The SMILES string of the molecule is COc1cc([N+](=O)[O-])ccc1OC(CO)C1CC1. The van der Waals surface area contributed by atoms with Gasteiger partial charge in [-0.3, -0.25) is 10.1 Å². The van der Waals surface area contributed by atoms with E-state index in [2.05, 4.69) is 0 Å². The lowest BCUT2D eigenvalue weighted by atomic mass is 10.2. The highest BCUT2D eigenvalue weighted by Gasteiger charge is 2.33. The van der Waals surface area contributed by atoms with Gasteiger partial charge in [-0.05, 0) is 24.8 Å². The second-order valence-electron chi connectivity index (χ2n) is 4.27. The van der Waals surface area contributed by atoms with Gasteiger partial charge in [0.2, 0.25) is 0 Å². The topological polar surface area (TPSA) is 81.8 Å². The summed E-state index contributed by atoms with van der Waals surface area (Å²) in [5.41, 5.74) is -0.0498. The summed E-state index contributed by atoms with van der Waals surface area (Å²) in [5.74, 6) is 1.10. The van der Waals surface area contributed by atoms with Gasteiger partial charge in [-0.2, -0.15) is 0 Å². The second-order valence-corrected chi connectivity index (χ2v) is 4.27. The van der Waals surface area contributed by atoms with Crippen LogP contribution in [0.2, 0.25) is 0 Å². The average molecular weight is 253 g/mol. The number of ether oxygens (including phenoxy) is 2. The van der Waals surface area contributed by atoms with Crippen LogP contribution in [0.4, 0.5) is 5.69 Å². The number of hydrogen-bond acceptors (Lipinski definition) is 5. The fourth-order valence-corrected chi connectivity index (χ4v) is 1.78. The van der Waals surface area contributed by atoms with Crippen molar-refractivity contribution in [3.8, 4) is 11.5 Å². The van der Waals surface area contributed by atoms with Crippen LogP contribution in [0.15, 0.2) is 18.2 Å². The predicted molar refractivity (Wildman–Crippen MR) is 63.9 cm³/mol. The maximum absolute atomic E-state index is 10.6. The lowest BCUT2D eigenvalue weighted by Gasteiger charge is -2.17. The number of benzene rings is 1. The first-order valence-electron chi connectivity index (χ1n) is 5.75. The van der Waals surface area contributed by atoms with Crippen molar-refractivity contribution in [1.82, 2.24) is 0 Å². The maximum Gasteiger partial charge on any atom is 0.273 e. The molecule has 6 nitrogen and oxygen atoms in total. The Labute approximate surface area is 104 Å². The number of nitro groups is 1. The smallest absolute Gasteiger partial charge is 0.273 e. The van der Waals surface area contributed by atoms with E-state index in [0.29, 0.717) is 17.4 Å². The quantitative estimate of drug-likeness (QED) is 0.617. The Morgan fingerprint density at radius 3 is 2.72 bits per heavy atom. The first kappa shape index (κ1) is 12.6. The minimum Gasteiger partial charge on any atom is -0.493 e. The van der Waals surface area contributed by atoms with Crippen LogP contribution >= 0.6 is 0 Å². The standard InChI is InChI=1S/C12H15NO5/c1-17-11-6-9(13(15)16)4-5-10(11)18-12(7-14)8-2-3-8/h4-6,8,12,14H,2-3,7H2,1H3. The Bertz CT molecular complexity index is 444.